The van der Waals surface area contributed by atoms with Crippen molar-refractivity contribution in [3.05, 3.63) is 16.1 Å². The van der Waals surface area contributed by atoms with Crippen LogP contribution in [0.1, 0.15) is 36.2 Å². The molecular weight excluding hydrogens is 250 g/mol. The van der Waals surface area contributed by atoms with Gasteiger partial charge in [-0.3, -0.25) is 9.59 Å². The molecule has 18 heavy (non-hydrogen) atoms. The monoisotopic (exact) mass is 267 g/mol. The first-order chi connectivity index (χ1) is 8.52. The van der Waals surface area contributed by atoms with Gasteiger partial charge in [0.15, 0.2) is 0 Å². The number of hydrogen-bond donors (Lipinski definition) is 1. The molecule has 0 aromatic carbocycles. The van der Waals surface area contributed by atoms with E-state index in [9.17, 15) is 9.59 Å². The lowest BCUT2D eigenvalue weighted by molar-refractivity contribution is -0.146. The zero-order valence-electron chi connectivity index (χ0n) is 10.8. The van der Waals surface area contributed by atoms with Crippen LogP contribution < -0.4 is 5.32 Å². The lowest BCUT2D eigenvalue weighted by atomic mass is 10.1. The zero-order chi connectivity index (χ0) is 13.3. The van der Waals surface area contributed by atoms with Crippen molar-refractivity contribution in [2.75, 3.05) is 6.54 Å². The number of piperazine rings is 1. The van der Waals surface area contributed by atoms with Crippen LogP contribution in [0.3, 0.4) is 0 Å². The molecule has 2 amide bonds. The molecule has 1 N–H and O–H groups in total. The van der Waals surface area contributed by atoms with Gasteiger partial charge in [0.25, 0.3) is 0 Å². The minimum Gasteiger partial charge on any atom is -0.343 e. The van der Waals surface area contributed by atoms with Crippen molar-refractivity contribution in [2.45, 2.75) is 39.3 Å². The van der Waals surface area contributed by atoms with E-state index in [1.165, 1.54) is 0 Å². The summed E-state index contributed by atoms with van der Waals surface area (Å²) >= 11 is 1.56. The highest BCUT2D eigenvalue weighted by Crippen LogP contribution is 2.26. The van der Waals surface area contributed by atoms with Crippen molar-refractivity contribution >= 4 is 23.2 Å². The second kappa shape index (κ2) is 5.06. The lowest BCUT2D eigenvalue weighted by Crippen LogP contribution is -2.58. The minimum absolute atomic E-state index is 0.0162. The van der Waals surface area contributed by atoms with Crippen molar-refractivity contribution in [3.8, 4) is 0 Å². The van der Waals surface area contributed by atoms with Crippen molar-refractivity contribution in [2.24, 2.45) is 0 Å². The predicted molar refractivity (Wildman–Crippen MR) is 69.2 cm³/mol. The van der Waals surface area contributed by atoms with Gasteiger partial charge in [-0.15, -0.1) is 11.3 Å². The molecule has 0 bridgehead atoms. The van der Waals surface area contributed by atoms with Crippen molar-refractivity contribution in [1.29, 1.82) is 0 Å². The van der Waals surface area contributed by atoms with Gasteiger partial charge in [0.05, 0.1) is 6.04 Å². The van der Waals surface area contributed by atoms with Crippen LogP contribution >= 0.6 is 11.3 Å². The van der Waals surface area contributed by atoms with Gasteiger partial charge in [-0.25, -0.2) is 4.98 Å². The molecule has 1 fully saturated rings. The summed E-state index contributed by atoms with van der Waals surface area (Å²) < 4.78 is 0. The van der Waals surface area contributed by atoms with Gasteiger partial charge in [0.1, 0.15) is 17.6 Å². The first-order valence-corrected chi connectivity index (χ1v) is 6.86. The maximum absolute atomic E-state index is 12.2. The summed E-state index contributed by atoms with van der Waals surface area (Å²) in [6.07, 6.45) is 2.41. The summed E-state index contributed by atoms with van der Waals surface area (Å²) in [5.41, 5.74) is 0. The number of aromatic nitrogens is 1. The normalized spacial score (nSPS) is 21.9. The van der Waals surface area contributed by atoms with E-state index in [1.807, 2.05) is 20.8 Å². The second-order valence-corrected chi connectivity index (χ2v) is 5.75. The third-order valence-corrected chi connectivity index (χ3v) is 4.19. The molecular formula is C12H17N3O2S. The standard InChI is InChI=1S/C12H17N3O2S/c1-4-9-12(17)15(6-10(16)14-9)8(3)11-13-5-7(2)18-11/h5,8-9H,4,6H2,1-3H3,(H,14,16). The summed E-state index contributed by atoms with van der Waals surface area (Å²) in [6.45, 7) is 5.91. The molecule has 1 aliphatic heterocycles. The molecule has 2 unspecified atom stereocenters. The summed E-state index contributed by atoms with van der Waals surface area (Å²) in [5, 5.41) is 3.59. The number of nitrogens with one attached hydrogen (secondary N) is 1. The molecule has 1 aromatic rings. The van der Waals surface area contributed by atoms with Crippen molar-refractivity contribution in [1.82, 2.24) is 15.2 Å². The molecule has 1 saturated heterocycles. The Bertz CT molecular complexity index is 472. The van der Waals surface area contributed by atoms with E-state index in [-0.39, 0.29) is 24.4 Å². The van der Waals surface area contributed by atoms with E-state index < -0.39 is 6.04 Å². The second-order valence-electron chi connectivity index (χ2n) is 4.48. The van der Waals surface area contributed by atoms with E-state index in [1.54, 1.807) is 22.4 Å². The molecule has 0 spiro atoms. The zero-order valence-corrected chi connectivity index (χ0v) is 11.6. The molecule has 5 nitrogen and oxygen atoms in total. The Balaban J connectivity index is 2.20. The van der Waals surface area contributed by atoms with Crippen molar-refractivity contribution < 1.29 is 9.59 Å². The number of rotatable bonds is 3. The van der Waals surface area contributed by atoms with Crippen molar-refractivity contribution in [3.63, 3.8) is 0 Å². The van der Waals surface area contributed by atoms with Crippen LogP contribution in [0, 0.1) is 6.92 Å². The quantitative estimate of drug-likeness (QED) is 0.896. The summed E-state index contributed by atoms with van der Waals surface area (Å²) in [5.74, 6) is -0.112. The number of aryl methyl sites for hydroxylation is 1. The van der Waals surface area contributed by atoms with E-state index in [4.69, 9.17) is 0 Å². The third kappa shape index (κ3) is 2.38. The fourth-order valence-corrected chi connectivity index (χ4v) is 2.88. The third-order valence-electron chi connectivity index (χ3n) is 3.10. The Hall–Kier alpha value is -1.43. The number of amides is 2. The average molecular weight is 267 g/mol. The van der Waals surface area contributed by atoms with Gasteiger partial charge < -0.3 is 10.2 Å². The summed E-state index contributed by atoms with van der Waals surface area (Å²) in [7, 11) is 0. The van der Waals surface area contributed by atoms with Crippen LogP contribution in [0.5, 0.6) is 0 Å². The number of hydrogen-bond acceptors (Lipinski definition) is 4. The molecule has 1 aliphatic rings. The van der Waals surface area contributed by atoms with Gasteiger partial charge in [0.2, 0.25) is 11.8 Å². The van der Waals surface area contributed by atoms with Crippen LogP contribution in [0.2, 0.25) is 0 Å². The lowest BCUT2D eigenvalue weighted by Gasteiger charge is -2.35. The number of carbonyl (C=O) groups excluding carboxylic acids is 2. The first-order valence-electron chi connectivity index (χ1n) is 6.05. The highest BCUT2D eigenvalue weighted by molar-refractivity contribution is 7.11. The van der Waals surface area contributed by atoms with E-state index >= 15 is 0 Å². The van der Waals surface area contributed by atoms with Gasteiger partial charge in [-0.05, 0) is 20.3 Å². The fourth-order valence-electron chi connectivity index (χ4n) is 2.04. The SMILES string of the molecule is CCC1NC(=O)CN(C(C)c2ncc(C)s2)C1=O. The van der Waals surface area contributed by atoms with E-state index in [2.05, 4.69) is 10.3 Å². The van der Waals surface area contributed by atoms with Crippen LogP contribution in [0.15, 0.2) is 6.20 Å². The Morgan fingerprint density at radius 2 is 2.33 bits per heavy atom. The Labute approximate surface area is 110 Å². The molecule has 0 aliphatic carbocycles. The van der Waals surface area contributed by atoms with Crippen LogP contribution in [0.4, 0.5) is 0 Å². The highest BCUT2D eigenvalue weighted by atomic mass is 32.1. The maximum atomic E-state index is 12.2. The highest BCUT2D eigenvalue weighted by Gasteiger charge is 2.35. The number of thiazole rings is 1. The Kier molecular flexibility index (Phi) is 3.65. The van der Waals surface area contributed by atoms with E-state index in [0.717, 1.165) is 9.88 Å². The molecule has 2 heterocycles. The Morgan fingerprint density at radius 3 is 2.89 bits per heavy atom. The molecule has 2 atom stereocenters. The topological polar surface area (TPSA) is 62.3 Å². The predicted octanol–water partition coefficient (Wildman–Crippen LogP) is 1.25. The summed E-state index contributed by atoms with van der Waals surface area (Å²) in [6, 6.07) is -0.536. The number of nitrogens with zero attached hydrogens (tertiary/aromatic N) is 2. The maximum Gasteiger partial charge on any atom is 0.246 e. The number of carbonyl (C=O) groups is 2. The fraction of sp³-hybridized carbons (Fsp3) is 0.583. The van der Waals surface area contributed by atoms with Gasteiger partial charge in [-0.2, -0.15) is 0 Å². The first kappa shape index (κ1) is 13.0. The average Bonchev–Trinajstić information content (AvgIpc) is 2.77. The van der Waals surface area contributed by atoms with Crippen LogP contribution in [0.25, 0.3) is 0 Å². The molecule has 0 radical (unpaired) electrons. The molecule has 6 heteroatoms. The molecule has 98 valence electrons. The summed E-state index contributed by atoms with van der Waals surface area (Å²) in [4.78, 5) is 30.8. The van der Waals surface area contributed by atoms with E-state index in [0.29, 0.717) is 6.42 Å². The smallest absolute Gasteiger partial charge is 0.246 e. The van der Waals surface area contributed by atoms with Crippen LogP contribution in [-0.4, -0.2) is 34.3 Å². The van der Waals surface area contributed by atoms with Gasteiger partial charge in [-0.1, -0.05) is 6.92 Å². The largest absolute Gasteiger partial charge is 0.343 e. The Morgan fingerprint density at radius 1 is 1.61 bits per heavy atom. The van der Waals surface area contributed by atoms with Gasteiger partial charge >= 0.3 is 0 Å². The molecule has 1 aromatic heterocycles. The van der Waals surface area contributed by atoms with Crippen LogP contribution in [-0.2, 0) is 9.59 Å². The molecule has 2 rings (SSSR count). The van der Waals surface area contributed by atoms with Gasteiger partial charge in [0, 0.05) is 11.1 Å². The molecule has 0 saturated carbocycles. The minimum atomic E-state index is -0.394.